The first-order valence-corrected chi connectivity index (χ1v) is 9.55. The summed E-state index contributed by atoms with van der Waals surface area (Å²) < 4.78 is 11.4. The Morgan fingerprint density at radius 2 is 2.04 bits per heavy atom. The monoisotopic (exact) mass is 372 g/mol. The van der Waals surface area contributed by atoms with Crippen molar-refractivity contribution in [2.75, 3.05) is 27.2 Å². The number of nitrogens with zero attached hydrogens (tertiary/aromatic N) is 1. The summed E-state index contributed by atoms with van der Waals surface area (Å²) in [5.41, 5.74) is 2.98. The summed E-state index contributed by atoms with van der Waals surface area (Å²) in [7, 11) is 4.01. The molecule has 0 saturated heterocycles. The minimum atomic E-state index is -0.623. The average molecular weight is 372 g/mol. The van der Waals surface area contributed by atoms with Crippen molar-refractivity contribution in [3.63, 3.8) is 0 Å². The molecule has 1 N–H and O–H groups in total. The van der Waals surface area contributed by atoms with Gasteiger partial charge in [-0.15, -0.1) is 0 Å². The molecule has 0 spiro atoms. The second-order valence-corrected chi connectivity index (χ2v) is 7.47. The molecule has 1 aliphatic carbocycles. The van der Waals surface area contributed by atoms with Crippen LogP contribution in [-0.2, 0) is 17.6 Å². The van der Waals surface area contributed by atoms with Gasteiger partial charge in [0.05, 0.1) is 0 Å². The number of carbonyl (C=O) groups excluding carboxylic acids is 1. The van der Waals surface area contributed by atoms with Gasteiger partial charge < -0.3 is 19.4 Å². The molecule has 6 heteroatoms. The molecule has 2 aromatic rings. The molecule has 146 valence electrons. The van der Waals surface area contributed by atoms with E-state index in [4.69, 9.17) is 9.15 Å². The fourth-order valence-electron chi connectivity index (χ4n) is 3.59. The first-order valence-electron chi connectivity index (χ1n) is 9.55. The van der Waals surface area contributed by atoms with E-state index >= 15 is 0 Å². The van der Waals surface area contributed by atoms with Crippen molar-refractivity contribution in [2.45, 2.75) is 45.6 Å². The van der Waals surface area contributed by atoms with Crippen LogP contribution < -0.4 is 15.7 Å². The van der Waals surface area contributed by atoms with Crippen LogP contribution in [0.25, 0.3) is 11.0 Å². The van der Waals surface area contributed by atoms with E-state index in [1.54, 1.807) is 6.92 Å². The molecule has 6 nitrogen and oxygen atoms in total. The first kappa shape index (κ1) is 19.4. The van der Waals surface area contributed by atoms with Crippen molar-refractivity contribution < 1.29 is 13.9 Å². The van der Waals surface area contributed by atoms with Gasteiger partial charge in [0, 0.05) is 23.1 Å². The van der Waals surface area contributed by atoms with Crippen LogP contribution in [0.4, 0.5) is 0 Å². The van der Waals surface area contributed by atoms with Gasteiger partial charge in [0.2, 0.25) is 0 Å². The zero-order valence-electron chi connectivity index (χ0n) is 16.6. The Morgan fingerprint density at radius 1 is 1.30 bits per heavy atom. The molecule has 27 heavy (non-hydrogen) atoms. The van der Waals surface area contributed by atoms with E-state index in [1.165, 1.54) is 0 Å². The van der Waals surface area contributed by atoms with Gasteiger partial charge in [-0.05, 0) is 77.9 Å². The molecule has 1 atom stereocenters. The molecule has 1 aromatic heterocycles. The molecule has 1 amide bonds. The molecular formula is C21H28N2O4. The molecule has 0 unspecified atom stereocenters. The van der Waals surface area contributed by atoms with Crippen molar-refractivity contribution in [3.8, 4) is 5.75 Å². The van der Waals surface area contributed by atoms with Crippen LogP contribution in [0.5, 0.6) is 5.75 Å². The van der Waals surface area contributed by atoms with Gasteiger partial charge in [0.1, 0.15) is 11.3 Å². The SMILES string of the molecule is Cc1c(O[C@@H](C)C(=O)NCCCN(C)C)ccc2c3c(c(=O)oc12)CCC3. The summed E-state index contributed by atoms with van der Waals surface area (Å²) in [6, 6.07) is 3.80. The number of hydrogen-bond acceptors (Lipinski definition) is 5. The van der Waals surface area contributed by atoms with Crippen LogP contribution in [0.2, 0.25) is 0 Å². The Labute approximate surface area is 159 Å². The summed E-state index contributed by atoms with van der Waals surface area (Å²) in [6.07, 6.45) is 2.94. The van der Waals surface area contributed by atoms with Crippen LogP contribution in [-0.4, -0.2) is 44.1 Å². The van der Waals surface area contributed by atoms with Crippen LogP contribution in [0, 0.1) is 6.92 Å². The van der Waals surface area contributed by atoms with Crippen molar-refractivity contribution in [1.82, 2.24) is 10.2 Å². The first-order chi connectivity index (χ1) is 12.9. The summed E-state index contributed by atoms with van der Waals surface area (Å²) in [6.45, 7) is 5.12. The van der Waals surface area contributed by atoms with Gasteiger partial charge in [-0.2, -0.15) is 0 Å². The van der Waals surface area contributed by atoms with Gasteiger partial charge >= 0.3 is 5.63 Å². The Kier molecular flexibility index (Phi) is 5.85. The second-order valence-electron chi connectivity index (χ2n) is 7.47. The van der Waals surface area contributed by atoms with Gasteiger partial charge in [-0.3, -0.25) is 4.79 Å². The summed E-state index contributed by atoms with van der Waals surface area (Å²) in [5, 5.41) is 3.87. The smallest absolute Gasteiger partial charge is 0.339 e. The molecule has 0 radical (unpaired) electrons. The van der Waals surface area contributed by atoms with E-state index in [1.807, 2.05) is 33.2 Å². The van der Waals surface area contributed by atoms with Crippen molar-refractivity contribution in [2.24, 2.45) is 0 Å². The maximum atomic E-state index is 12.3. The summed E-state index contributed by atoms with van der Waals surface area (Å²) in [5.74, 6) is 0.420. The minimum Gasteiger partial charge on any atom is -0.480 e. The number of ether oxygens (including phenoxy) is 1. The standard InChI is InChI=1S/C21H28N2O4/c1-13-18(26-14(2)20(24)22-11-6-12-23(3)4)10-9-16-15-7-5-8-17(15)21(25)27-19(13)16/h9-10,14H,5-8,11-12H2,1-4H3,(H,22,24)/t14-/m0/s1. The van der Waals surface area contributed by atoms with E-state index in [0.717, 1.165) is 54.3 Å². The van der Waals surface area contributed by atoms with E-state index in [2.05, 4.69) is 10.2 Å². The molecule has 0 bridgehead atoms. The molecular weight excluding hydrogens is 344 g/mol. The lowest BCUT2D eigenvalue weighted by Crippen LogP contribution is -2.37. The maximum Gasteiger partial charge on any atom is 0.339 e. The third-order valence-electron chi connectivity index (χ3n) is 5.09. The van der Waals surface area contributed by atoms with E-state index in [9.17, 15) is 9.59 Å². The fourth-order valence-corrected chi connectivity index (χ4v) is 3.59. The zero-order valence-corrected chi connectivity index (χ0v) is 16.6. The average Bonchev–Trinajstić information content (AvgIpc) is 3.12. The summed E-state index contributed by atoms with van der Waals surface area (Å²) >= 11 is 0. The van der Waals surface area contributed by atoms with Crippen molar-refractivity contribution >= 4 is 16.9 Å². The van der Waals surface area contributed by atoms with Gasteiger partial charge in [-0.25, -0.2) is 4.79 Å². The highest BCUT2D eigenvalue weighted by Gasteiger charge is 2.22. The van der Waals surface area contributed by atoms with Crippen LogP contribution in [0.1, 0.15) is 36.5 Å². The predicted octanol–water partition coefficient (Wildman–Crippen LogP) is 2.43. The predicted molar refractivity (Wildman–Crippen MR) is 106 cm³/mol. The molecule has 1 aromatic carbocycles. The van der Waals surface area contributed by atoms with Crippen LogP contribution in [0.3, 0.4) is 0 Å². The molecule has 0 saturated carbocycles. The van der Waals surface area contributed by atoms with Gasteiger partial charge in [-0.1, -0.05) is 0 Å². The number of fused-ring (bicyclic) bond motifs is 3. The number of rotatable bonds is 7. The highest BCUT2D eigenvalue weighted by Crippen LogP contribution is 2.33. The van der Waals surface area contributed by atoms with E-state index in [0.29, 0.717) is 17.9 Å². The molecule has 0 aliphatic heterocycles. The Bertz CT molecular complexity index is 901. The number of carbonyl (C=O) groups is 1. The summed E-state index contributed by atoms with van der Waals surface area (Å²) in [4.78, 5) is 26.6. The van der Waals surface area contributed by atoms with Crippen LogP contribution in [0.15, 0.2) is 21.3 Å². The highest BCUT2D eigenvalue weighted by molar-refractivity contribution is 5.86. The molecule has 0 fully saturated rings. The third-order valence-corrected chi connectivity index (χ3v) is 5.09. The van der Waals surface area contributed by atoms with Gasteiger partial charge in [0.25, 0.3) is 5.91 Å². The molecule has 1 aliphatic rings. The van der Waals surface area contributed by atoms with Crippen molar-refractivity contribution in [3.05, 3.63) is 39.2 Å². The van der Waals surface area contributed by atoms with Crippen molar-refractivity contribution in [1.29, 1.82) is 0 Å². The number of hydrogen-bond donors (Lipinski definition) is 1. The molecule has 1 heterocycles. The number of amides is 1. The topological polar surface area (TPSA) is 71.8 Å². The number of benzene rings is 1. The Morgan fingerprint density at radius 3 is 2.78 bits per heavy atom. The second kappa shape index (κ2) is 8.13. The lowest BCUT2D eigenvalue weighted by Gasteiger charge is -2.17. The number of aryl methyl sites for hydroxylation is 2. The quantitative estimate of drug-likeness (QED) is 0.597. The lowest BCUT2D eigenvalue weighted by molar-refractivity contribution is -0.127. The normalized spacial score (nSPS) is 14.4. The Balaban J connectivity index is 1.74. The zero-order chi connectivity index (χ0) is 19.6. The largest absolute Gasteiger partial charge is 0.480 e. The van der Waals surface area contributed by atoms with Crippen LogP contribution >= 0.6 is 0 Å². The fraction of sp³-hybridized carbons (Fsp3) is 0.524. The van der Waals surface area contributed by atoms with E-state index < -0.39 is 6.10 Å². The van der Waals surface area contributed by atoms with E-state index in [-0.39, 0.29) is 11.5 Å². The number of nitrogens with one attached hydrogen (secondary N) is 1. The highest BCUT2D eigenvalue weighted by atomic mass is 16.5. The maximum absolute atomic E-state index is 12.3. The Hall–Kier alpha value is -2.34. The molecule has 3 rings (SSSR count). The third kappa shape index (κ3) is 4.16. The lowest BCUT2D eigenvalue weighted by atomic mass is 10.0. The minimum absolute atomic E-state index is 0.149. The van der Waals surface area contributed by atoms with Gasteiger partial charge in [0.15, 0.2) is 6.10 Å².